The Balaban J connectivity index is 4.02. The van der Waals surface area contributed by atoms with E-state index < -0.39 is 0 Å². The molecule has 102 valence electrons. The van der Waals surface area contributed by atoms with Gasteiger partial charge in [0, 0.05) is 46.4 Å². The topological polar surface area (TPSA) is 76.8 Å². The summed E-state index contributed by atoms with van der Waals surface area (Å²) in [5, 5.41) is 0. The molecule has 0 bridgehead atoms. The number of nitrogens with one attached hydrogen (secondary N) is 1. The molecule has 1 unspecified atom stereocenters. The number of hydrogen-bond donors (Lipinski definition) is 2. The maximum absolute atomic E-state index is 11.3. The average molecular weight is 247 g/mol. The number of nitrogens with two attached hydrogens (primary N) is 1. The smallest absolute Gasteiger partial charge is 0.237 e. The molecule has 0 aromatic rings. The molecule has 0 aromatic carbocycles. The van der Waals surface area contributed by atoms with Crippen LogP contribution in [0, 0.1) is 5.92 Å². The van der Waals surface area contributed by atoms with E-state index in [1.165, 1.54) is 0 Å². The zero-order valence-corrected chi connectivity index (χ0v) is 11.1. The summed E-state index contributed by atoms with van der Waals surface area (Å²) >= 11 is 0. The molecule has 0 radical (unpaired) electrons. The first-order chi connectivity index (χ1) is 8.15. The number of hydrazine groups is 1. The monoisotopic (exact) mass is 247 g/mol. The van der Waals surface area contributed by atoms with Crippen LogP contribution in [0.2, 0.25) is 0 Å². The lowest BCUT2D eigenvalue weighted by Crippen LogP contribution is -2.41. The third-order valence-electron chi connectivity index (χ3n) is 2.56. The van der Waals surface area contributed by atoms with Crippen molar-refractivity contribution in [2.24, 2.45) is 11.8 Å². The molecule has 3 N–H and O–H groups in total. The maximum atomic E-state index is 11.3. The maximum Gasteiger partial charge on any atom is 0.237 e. The highest BCUT2D eigenvalue weighted by molar-refractivity contribution is 5.77. The highest BCUT2D eigenvalue weighted by Gasteiger charge is 2.15. The van der Waals surface area contributed by atoms with Gasteiger partial charge in [0.2, 0.25) is 5.91 Å². The summed E-state index contributed by atoms with van der Waals surface area (Å²) in [5.74, 6) is 4.84. The van der Waals surface area contributed by atoms with E-state index in [-0.39, 0.29) is 11.8 Å². The van der Waals surface area contributed by atoms with Crippen molar-refractivity contribution in [2.75, 3.05) is 47.1 Å². The van der Waals surface area contributed by atoms with Crippen LogP contribution in [0.3, 0.4) is 0 Å². The molecule has 0 spiro atoms. The fraction of sp³-hybridized carbons (Fsp3) is 0.909. The summed E-state index contributed by atoms with van der Waals surface area (Å²) in [5.41, 5.74) is 2.17. The summed E-state index contributed by atoms with van der Waals surface area (Å²) < 4.78 is 10.1. The van der Waals surface area contributed by atoms with Crippen molar-refractivity contribution in [3.8, 4) is 0 Å². The fourth-order valence-electron chi connectivity index (χ4n) is 1.56. The zero-order chi connectivity index (χ0) is 13.1. The van der Waals surface area contributed by atoms with Crippen LogP contribution in [0.4, 0.5) is 0 Å². The quantitative estimate of drug-likeness (QED) is 0.238. The number of amides is 1. The van der Waals surface area contributed by atoms with E-state index in [0.717, 1.165) is 26.1 Å². The minimum atomic E-state index is -0.140. The van der Waals surface area contributed by atoms with Crippen LogP contribution < -0.4 is 11.3 Å². The normalized spacial score (nSPS) is 12.8. The van der Waals surface area contributed by atoms with Gasteiger partial charge in [0.25, 0.3) is 0 Å². The van der Waals surface area contributed by atoms with Gasteiger partial charge >= 0.3 is 0 Å². The van der Waals surface area contributed by atoms with E-state index in [2.05, 4.69) is 10.3 Å². The van der Waals surface area contributed by atoms with Gasteiger partial charge in [-0.2, -0.15) is 0 Å². The second-order valence-electron chi connectivity index (χ2n) is 4.05. The summed E-state index contributed by atoms with van der Waals surface area (Å²) in [6, 6.07) is 0. The SMILES string of the molecule is COCCCN(CCOC)CC(C)C(=O)NN. The highest BCUT2D eigenvalue weighted by atomic mass is 16.5. The van der Waals surface area contributed by atoms with Crippen LogP contribution >= 0.6 is 0 Å². The van der Waals surface area contributed by atoms with Gasteiger partial charge < -0.3 is 14.4 Å². The predicted molar refractivity (Wildman–Crippen MR) is 66.3 cm³/mol. The summed E-state index contributed by atoms with van der Waals surface area (Å²) in [4.78, 5) is 13.5. The standard InChI is InChI=1S/C11H25N3O3/c1-10(11(15)13-12)9-14(6-8-17-3)5-4-7-16-2/h10H,4-9,12H2,1-3H3,(H,13,15). The van der Waals surface area contributed by atoms with E-state index >= 15 is 0 Å². The van der Waals surface area contributed by atoms with Crippen LogP contribution in [0.15, 0.2) is 0 Å². The van der Waals surface area contributed by atoms with Crippen molar-refractivity contribution >= 4 is 5.91 Å². The third-order valence-corrected chi connectivity index (χ3v) is 2.56. The predicted octanol–water partition coefficient (Wildman–Crippen LogP) is -0.403. The van der Waals surface area contributed by atoms with Gasteiger partial charge in [-0.3, -0.25) is 10.2 Å². The van der Waals surface area contributed by atoms with Crippen molar-refractivity contribution in [1.29, 1.82) is 0 Å². The number of carbonyl (C=O) groups is 1. The summed E-state index contributed by atoms with van der Waals surface area (Å²) in [7, 11) is 3.35. The molecular weight excluding hydrogens is 222 g/mol. The van der Waals surface area contributed by atoms with Crippen molar-refractivity contribution in [3.63, 3.8) is 0 Å². The van der Waals surface area contributed by atoms with Gasteiger partial charge in [-0.1, -0.05) is 6.92 Å². The van der Waals surface area contributed by atoms with Crippen LogP contribution in [0.1, 0.15) is 13.3 Å². The van der Waals surface area contributed by atoms with E-state index in [1.807, 2.05) is 6.92 Å². The van der Waals surface area contributed by atoms with Crippen LogP contribution in [0.5, 0.6) is 0 Å². The molecule has 0 aliphatic heterocycles. The molecule has 0 fully saturated rings. The highest BCUT2D eigenvalue weighted by Crippen LogP contribution is 2.01. The van der Waals surface area contributed by atoms with E-state index in [0.29, 0.717) is 13.2 Å². The molecule has 6 heteroatoms. The fourth-order valence-corrected chi connectivity index (χ4v) is 1.56. The summed E-state index contributed by atoms with van der Waals surface area (Å²) in [6.07, 6.45) is 0.942. The summed E-state index contributed by atoms with van der Waals surface area (Å²) in [6.45, 7) is 5.61. The largest absolute Gasteiger partial charge is 0.385 e. The Morgan fingerprint density at radius 1 is 1.29 bits per heavy atom. The van der Waals surface area contributed by atoms with Gasteiger partial charge in [-0.05, 0) is 6.42 Å². The lowest BCUT2D eigenvalue weighted by atomic mass is 10.1. The first-order valence-corrected chi connectivity index (χ1v) is 5.86. The Kier molecular flexibility index (Phi) is 10.0. The molecular formula is C11H25N3O3. The minimum Gasteiger partial charge on any atom is -0.385 e. The molecule has 6 nitrogen and oxygen atoms in total. The second kappa shape index (κ2) is 10.5. The number of nitrogens with zero attached hydrogens (tertiary/aromatic N) is 1. The number of ether oxygens (including phenoxy) is 2. The molecule has 0 saturated carbocycles. The Labute approximate surface area is 103 Å². The van der Waals surface area contributed by atoms with Crippen molar-refractivity contribution in [1.82, 2.24) is 10.3 Å². The lowest BCUT2D eigenvalue weighted by Gasteiger charge is -2.24. The van der Waals surface area contributed by atoms with Gasteiger partial charge in [0.15, 0.2) is 0 Å². The molecule has 1 amide bonds. The molecule has 0 heterocycles. The Morgan fingerprint density at radius 2 is 1.94 bits per heavy atom. The molecule has 0 rings (SSSR count). The third kappa shape index (κ3) is 8.09. The van der Waals surface area contributed by atoms with Crippen LogP contribution in [0.25, 0.3) is 0 Å². The number of methoxy groups -OCH3 is 2. The Hall–Kier alpha value is -0.690. The average Bonchev–Trinajstić information content (AvgIpc) is 2.34. The molecule has 0 aliphatic rings. The molecule has 0 aliphatic carbocycles. The van der Waals surface area contributed by atoms with E-state index in [1.54, 1.807) is 14.2 Å². The van der Waals surface area contributed by atoms with Gasteiger partial charge in [-0.15, -0.1) is 0 Å². The molecule has 17 heavy (non-hydrogen) atoms. The first kappa shape index (κ1) is 16.3. The zero-order valence-electron chi connectivity index (χ0n) is 11.1. The van der Waals surface area contributed by atoms with Gasteiger partial charge in [-0.25, -0.2) is 5.84 Å². The molecule has 1 atom stereocenters. The van der Waals surface area contributed by atoms with E-state index in [9.17, 15) is 4.79 Å². The second-order valence-corrected chi connectivity index (χ2v) is 4.05. The van der Waals surface area contributed by atoms with Crippen LogP contribution in [-0.2, 0) is 14.3 Å². The van der Waals surface area contributed by atoms with Gasteiger partial charge in [0.05, 0.1) is 6.61 Å². The van der Waals surface area contributed by atoms with Crippen molar-refractivity contribution in [2.45, 2.75) is 13.3 Å². The number of carbonyl (C=O) groups excluding carboxylic acids is 1. The van der Waals surface area contributed by atoms with Crippen molar-refractivity contribution < 1.29 is 14.3 Å². The Morgan fingerprint density at radius 3 is 2.47 bits per heavy atom. The molecule has 0 saturated heterocycles. The number of hydrogen-bond acceptors (Lipinski definition) is 5. The van der Waals surface area contributed by atoms with Gasteiger partial charge in [0.1, 0.15) is 0 Å². The molecule has 0 aromatic heterocycles. The lowest BCUT2D eigenvalue weighted by molar-refractivity contribution is -0.125. The van der Waals surface area contributed by atoms with Crippen molar-refractivity contribution in [3.05, 3.63) is 0 Å². The van der Waals surface area contributed by atoms with Crippen LogP contribution in [-0.4, -0.2) is 57.9 Å². The van der Waals surface area contributed by atoms with E-state index in [4.69, 9.17) is 15.3 Å². The first-order valence-electron chi connectivity index (χ1n) is 5.86. The number of rotatable bonds is 10. The minimum absolute atomic E-state index is 0.126. The Bertz CT molecular complexity index is 202.